The zero-order valence-corrected chi connectivity index (χ0v) is 8.07. The van der Waals surface area contributed by atoms with Crippen molar-refractivity contribution >= 4 is 11.8 Å². The van der Waals surface area contributed by atoms with E-state index >= 15 is 0 Å². The summed E-state index contributed by atoms with van der Waals surface area (Å²) in [5.74, 6) is 1.19. The van der Waals surface area contributed by atoms with Gasteiger partial charge < -0.3 is 0 Å². The molecule has 0 N–H and O–H groups in total. The van der Waals surface area contributed by atoms with Crippen molar-refractivity contribution in [2.45, 2.75) is 26.2 Å². The Balaban J connectivity index is 2.02. The first-order valence-corrected chi connectivity index (χ1v) is 5.47. The molecule has 64 valence electrons. The van der Waals surface area contributed by atoms with E-state index in [2.05, 4.69) is 23.3 Å². The lowest BCUT2D eigenvalue weighted by molar-refractivity contribution is 0.343. The van der Waals surface area contributed by atoms with E-state index in [1.165, 1.54) is 31.7 Å². The smallest absolute Gasteiger partial charge is 0.0488 e. The Kier molecular flexibility index (Phi) is 4.71. The number of hydrogen-bond acceptors (Lipinski definition) is 2. The fourth-order valence-electron chi connectivity index (χ4n) is 1.20. The standard InChI is InChI=1S/C9H17NS/c1-2-3-4-6-10-7-5-8-11-9-10/h5,8H,2-4,6-7,9H2,1H3. The summed E-state index contributed by atoms with van der Waals surface area (Å²) in [5.41, 5.74) is 0. The quantitative estimate of drug-likeness (QED) is 0.598. The molecule has 0 bridgehead atoms. The highest BCUT2D eigenvalue weighted by molar-refractivity contribution is 8.02. The van der Waals surface area contributed by atoms with Crippen LogP contribution in [0.2, 0.25) is 0 Å². The van der Waals surface area contributed by atoms with E-state index in [1.54, 1.807) is 0 Å². The van der Waals surface area contributed by atoms with Gasteiger partial charge in [-0.25, -0.2) is 0 Å². The summed E-state index contributed by atoms with van der Waals surface area (Å²) < 4.78 is 0. The van der Waals surface area contributed by atoms with Gasteiger partial charge in [-0.1, -0.05) is 25.8 Å². The van der Waals surface area contributed by atoms with Gasteiger partial charge in [0, 0.05) is 12.4 Å². The van der Waals surface area contributed by atoms with Gasteiger partial charge in [-0.2, -0.15) is 0 Å². The molecule has 1 aliphatic heterocycles. The number of rotatable bonds is 4. The van der Waals surface area contributed by atoms with Crippen LogP contribution in [0.3, 0.4) is 0 Å². The van der Waals surface area contributed by atoms with Crippen molar-refractivity contribution in [3.63, 3.8) is 0 Å². The van der Waals surface area contributed by atoms with E-state index in [1.807, 2.05) is 11.8 Å². The molecule has 0 radical (unpaired) electrons. The molecule has 0 aromatic carbocycles. The van der Waals surface area contributed by atoms with Crippen LogP contribution in [0.1, 0.15) is 26.2 Å². The summed E-state index contributed by atoms with van der Waals surface area (Å²) in [6.45, 7) is 4.70. The van der Waals surface area contributed by atoms with Gasteiger partial charge in [-0.05, 0) is 18.4 Å². The second kappa shape index (κ2) is 5.67. The average molecular weight is 171 g/mol. The molecule has 0 fully saturated rings. The molecule has 1 heterocycles. The van der Waals surface area contributed by atoms with E-state index < -0.39 is 0 Å². The lowest BCUT2D eigenvalue weighted by atomic mass is 10.2. The highest BCUT2D eigenvalue weighted by atomic mass is 32.2. The zero-order chi connectivity index (χ0) is 7.94. The molecule has 0 saturated carbocycles. The lowest BCUT2D eigenvalue weighted by Crippen LogP contribution is -2.26. The normalized spacial score (nSPS) is 19.0. The number of thioether (sulfide) groups is 1. The van der Waals surface area contributed by atoms with Gasteiger partial charge in [-0.15, -0.1) is 11.8 Å². The van der Waals surface area contributed by atoms with Crippen LogP contribution in [0.25, 0.3) is 0 Å². The molecule has 11 heavy (non-hydrogen) atoms. The fraction of sp³-hybridized carbons (Fsp3) is 0.778. The van der Waals surface area contributed by atoms with Gasteiger partial charge in [0.2, 0.25) is 0 Å². The van der Waals surface area contributed by atoms with Crippen molar-refractivity contribution in [1.29, 1.82) is 0 Å². The Morgan fingerprint density at radius 1 is 1.45 bits per heavy atom. The second-order valence-electron chi connectivity index (χ2n) is 2.95. The molecule has 2 heteroatoms. The van der Waals surface area contributed by atoms with Crippen LogP contribution >= 0.6 is 11.8 Å². The molecule has 0 aromatic rings. The van der Waals surface area contributed by atoms with Crippen molar-refractivity contribution < 1.29 is 0 Å². The maximum absolute atomic E-state index is 2.50. The molecule has 0 unspecified atom stereocenters. The number of hydrogen-bond donors (Lipinski definition) is 0. The van der Waals surface area contributed by atoms with Crippen molar-refractivity contribution in [1.82, 2.24) is 4.90 Å². The Labute approximate surface area is 73.8 Å². The third-order valence-electron chi connectivity index (χ3n) is 1.89. The average Bonchev–Trinajstić information content (AvgIpc) is 2.07. The fourth-order valence-corrected chi connectivity index (χ4v) is 1.96. The highest BCUT2D eigenvalue weighted by Gasteiger charge is 2.04. The van der Waals surface area contributed by atoms with Crippen LogP contribution in [0.4, 0.5) is 0 Å². The molecule has 0 saturated heterocycles. The monoisotopic (exact) mass is 171 g/mol. The minimum atomic E-state index is 1.16. The first-order chi connectivity index (χ1) is 5.43. The molecule has 0 atom stereocenters. The minimum absolute atomic E-state index is 1.16. The van der Waals surface area contributed by atoms with Crippen molar-refractivity contribution in [3.8, 4) is 0 Å². The first kappa shape index (κ1) is 9.14. The molecule has 0 amide bonds. The molecule has 0 aromatic heterocycles. The van der Waals surface area contributed by atoms with Gasteiger partial charge in [0.05, 0.1) is 0 Å². The molecule has 0 aliphatic carbocycles. The van der Waals surface area contributed by atoms with E-state index in [0.29, 0.717) is 0 Å². The maximum Gasteiger partial charge on any atom is 0.0488 e. The van der Waals surface area contributed by atoms with Crippen LogP contribution < -0.4 is 0 Å². The minimum Gasteiger partial charge on any atom is -0.290 e. The third-order valence-corrected chi connectivity index (χ3v) is 2.79. The van der Waals surface area contributed by atoms with E-state index in [-0.39, 0.29) is 0 Å². The molecule has 1 rings (SSSR count). The zero-order valence-electron chi connectivity index (χ0n) is 7.25. The number of unbranched alkanes of at least 4 members (excludes halogenated alkanes) is 2. The van der Waals surface area contributed by atoms with E-state index in [0.717, 1.165) is 6.54 Å². The first-order valence-electron chi connectivity index (χ1n) is 4.42. The maximum atomic E-state index is 2.50. The SMILES string of the molecule is CCCCCN1CC=CSC1. The molecular weight excluding hydrogens is 154 g/mol. The van der Waals surface area contributed by atoms with Gasteiger partial charge >= 0.3 is 0 Å². The van der Waals surface area contributed by atoms with Crippen LogP contribution in [-0.2, 0) is 0 Å². The van der Waals surface area contributed by atoms with E-state index in [9.17, 15) is 0 Å². The predicted molar refractivity (Wildman–Crippen MR) is 52.7 cm³/mol. The van der Waals surface area contributed by atoms with Crippen LogP contribution in [-0.4, -0.2) is 23.9 Å². The van der Waals surface area contributed by atoms with Crippen LogP contribution in [0, 0.1) is 0 Å². The Morgan fingerprint density at radius 2 is 2.36 bits per heavy atom. The summed E-state index contributed by atoms with van der Waals surface area (Å²) in [6.07, 6.45) is 6.33. The van der Waals surface area contributed by atoms with Gasteiger partial charge in [0.15, 0.2) is 0 Å². The summed E-state index contributed by atoms with van der Waals surface area (Å²) in [7, 11) is 0. The molecule has 1 nitrogen and oxygen atoms in total. The predicted octanol–water partition coefficient (Wildman–Crippen LogP) is 2.70. The highest BCUT2D eigenvalue weighted by Crippen LogP contribution is 2.12. The van der Waals surface area contributed by atoms with Crippen molar-refractivity contribution in [3.05, 3.63) is 11.5 Å². The Morgan fingerprint density at radius 3 is 3.00 bits per heavy atom. The van der Waals surface area contributed by atoms with Gasteiger partial charge in [0.1, 0.15) is 0 Å². The second-order valence-corrected chi connectivity index (χ2v) is 3.82. The Hall–Kier alpha value is 0.0500. The van der Waals surface area contributed by atoms with Gasteiger partial charge in [-0.3, -0.25) is 4.90 Å². The summed E-state index contributed by atoms with van der Waals surface area (Å²) in [4.78, 5) is 2.50. The van der Waals surface area contributed by atoms with Gasteiger partial charge in [0.25, 0.3) is 0 Å². The summed E-state index contributed by atoms with van der Waals surface area (Å²) in [6, 6.07) is 0. The lowest BCUT2D eigenvalue weighted by Gasteiger charge is -2.21. The van der Waals surface area contributed by atoms with Crippen molar-refractivity contribution in [2.24, 2.45) is 0 Å². The summed E-state index contributed by atoms with van der Waals surface area (Å²) in [5, 5.41) is 2.20. The third kappa shape index (κ3) is 3.82. The van der Waals surface area contributed by atoms with E-state index in [4.69, 9.17) is 0 Å². The largest absolute Gasteiger partial charge is 0.290 e. The molecular formula is C9H17NS. The van der Waals surface area contributed by atoms with Crippen LogP contribution in [0.5, 0.6) is 0 Å². The molecule has 1 aliphatic rings. The summed E-state index contributed by atoms with van der Waals surface area (Å²) >= 11 is 1.91. The topological polar surface area (TPSA) is 3.24 Å². The number of nitrogens with zero attached hydrogens (tertiary/aromatic N) is 1. The van der Waals surface area contributed by atoms with Crippen molar-refractivity contribution in [2.75, 3.05) is 19.0 Å². The van der Waals surface area contributed by atoms with Crippen LogP contribution in [0.15, 0.2) is 11.5 Å². The Bertz CT molecular complexity index is 123. The molecule has 0 spiro atoms.